The molecule has 1 amide bonds. The third kappa shape index (κ3) is 5.55. The van der Waals surface area contributed by atoms with E-state index in [4.69, 9.17) is 0 Å². The van der Waals surface area contributed by atoms with Crippen molar-refractivity contribution in [3.8, 4) is 0 Å². The smallest absolute Gasteiger partial charge is 0.255 e. The second-order valence-electron chi connectivity index (χ2n) is 7.00. The van der Waals surface area contributed by atoms with Gasteiger partial charge in [-0.25, -0.2) is 12.8 Å². The Bertz CT molecular complexity index is 1220. The van der Waals surface area contributed by atoms with Gasteiger partial charge in [-0.2, -0.15) is 0 Å². The normalized spacial score (nSPS) is 11.1. The lowest BCUT2D eigenvalue weighted by atomic mass is 10.1. The van der Waals surface area contributed by atoms with E-state index in [1.807, 2.05) is 0 Å². The number of carbonyl (C=O) groups excluding carboxylic acids is 2. The minimum atomic E-state index is -3.69. The van der Waals surface area contributed by atoms with Crippen molar-refractivity contribution in [2.45, 2.75) is 13.5 Å². The number of Topliss-reactive ketones (excluding diaryl/α,β-unsaturated/α-hetero) is 1. The molecule has 6 nitrogen and oxygen atoms in total. The van der Waals surface area contributed by atoms with E-state index in [-0.39, 0.29) is 17.9 Å². The highest BCUT2D eigenvalue weighted by atomic mass is 32.2. The number of carbonyl (C=O) groups is 2. The molecule has 0 heterocycles. The first-order chi connectivity index (χ1) is 14.6. The number of nitrogens with one attached hydrogen (secondary N) is 1. The van der Waals surface area contributed by atoms with E-state index in [0.29, 0.717) is 22.5 Å². The molecule has 1 N–H and O–H groups in total. The largest absolute Gasteiger partial charge is 0.322 e. The van der Waals surface area contributed by atoms with Crippen LogP contribution in [0.25, 0.3) is 0 Å². The highest BCUT2D eigenvalue weighted by Crippen LogP contribution is 2.23. The Morgan fingerprint density at radius 2 is 1.61 bits per heavy atom. The van der Waals surface area contributed by atoms with Crippen LogP contribution in [0.3, 0.4) is 0 Å². The van der Waals surface area contributed by atoms with Gasteiger partial charge in [0.2, 0.25) is 10.0 Å². The van der Waals surface area contributed by atoms with Crippen molar-refractivity contribution in [2.24, 2.45) is 0 Å². The summed E-state index contributed by atoms with van der Waals surface area (Å²) < 4.78 is 39.7. The van der Waals surface area contributed by atoms with Crippen LogP contribution in [0.15, 0.2) is 72.8 Å². The van der Waals surface area contributed by atoms with Crippen LogP contribution in [0.4, 0.5) is 15.8 Å². The number of nitrogens with zero attached hydrogens (tertiary/aromatic N) is 1. The van der Waals surface area contributed by atoms with E-state index in [1.165, 1.54) is 49.4 Å². The molecule has 0 spiro atoms. The zero-order chi connectivity index (χ0) is 22.6. The van der Waals surface area contributed by atoms with E-state index < -0.39 is 21.7 Å². The lowest BCUT2D eigenvalue weighted by molar-refractivity contribution is 0.101. The molecule has 0 aliphatic heterocycles. The maximum Gasteiger partial charge on any atom is 0.255 e. The summed E-state index contributed by atoms with van der Waals surface area (Å²) in [4.78, 5) is 24.0. The van der Waals surface area contributed by atoms with Crippen molar-refractivity contribution < 1.29 is 22.4 Å². The highest BCUT2D eigenvalue weighted by molar-refractivity contribution is 7.92. The predicted octanol–water partition coefficient (Wildman–Crippen LogP) is 4.25. The molecule has 3 rings (SSSR count). The van der Waals surface area contributed by atoms with E-state index in [0.717, 1.165) is 10.6 Å². The van der Waals surface area contributed by atoms with Crippen LogP contribution in [-0.2, 0) is 16.6 Å². The van der Waals surface area contributed by atoms with Crippen LogP contribution in [0, 0.1) is 5.82 Å². The third-order valence-corrected chi connectivity index (χ3v) is 5.76. The molecule has 3 aromatic rings. The summed E-state index contributed by atoms with van der Waals surface area (Å²) in [5, 5.41) is 2.71. The van der Waals surface area contributed by atoms with Gasteiger partial charge in [-0.3, -0.25) is 13.9 Å². The topological polar surface area (TPSA) is 83.6 Å². The van der Waals surface area contributed by atoms with Gasteiger partial charge in [-0.15, -0.1) is 0 Å². The van der Waals surface area contributed by atoms with E-state index >= 15 is 0 Å². The van der Waals surface area contributed by atoms with Crippen LogP contribution in [-0.4, -0.2) is 26.4 Å². The van der Waals surface area contributed by atoms with Crippen molar-refractivity contribution in [2.75, 3.05) is 15.9 Å². The zero-order valence-electron chi connectivity index (χ0n) is 17.0. The van der Waals surface area contributed by atoms with Crippen molar-refractivity contribution in [3.05, 3.63) is 95.3 Å². The fourth-order valence-electron chi connectivity index (χ4n) is 2.98. The zero-order valence-corrected chi connectivity index (χ0v) is 17.8. The van der Waals surface area contributed by atoms with Crippen LogP contribution in [0.1, 0.15) is 33.2 Å². The summed E-state index contributed by atoms with van der Waals surface area (Å²) >= 11 is 0. The van der Waals surface area contributed by atoms with Crippen molar-refractivity contribution in [1.82, 2.24) is 0 Å². The van der Waals surface area contributed by atoms with Gasteiger partial charge in [0.15, 0.2) is 5.78 Å². The Morgan fingerprint density at radius 3 is 2.23 bits per heavy atom. The first-order valence-electron chi connectivity index (χ1n) is 9.38. The number of anilines is 2. The maximum absolute atomic E-state index is 14.0. The average Bonchev–Trinajstić information content (AvgIpc) is 2.72. The first-order valence-corrected chi connectivity index (χ1v) is 11.2. The van der Waals surface area contributed by atoms with E-state index in [1.54, 1.807) is 30.3 Å². The van der Waals surface area contributed by atoms with Crippen molar-refractivity contribution in [1.29, 1.82) is 0 Å². The van der Waals surface area contributed by atoms with Crippen molar-refractivity contribution >= 4 is 33.1 Å². The Hall–Kier alpha value is -3.52. The van der Waals surface area contributed by atoms with E-state index in [2.05, 4.69) is 5.32 Å². The molecule has 160 valence electrons. The molecule has 31 heavy (non-hydrogen) atoms. The number of rotatable bonds is 7. The van der Waals surface area contributed by atoms with Gasteiger partial charge < -0.3 is 5.32 Å². The summed E-state index contributed by atoms with van der Waals surface area (Å²) in [5.74, 6) is -1.02. The Balaban J connectivity index is 1.81. The SMILES string of the molecule is CC(=O)c1cccc(NC(=O)c2ccc(N(Cc3ccccc3F)S(C)(=O)=O)cc2)c1. The molecular weight excluding hydrogens is 419 g/mol. The number of benzene rings is 3. The summed E-state index contributed by atoms with van der Waals surface area (Å²) in [7, 11) is -3.69. The summed E-state index contributed by atoms with van der Waals surface area (Å²) in [5.41, 5.74) is 1.79. The molecule has 0 aliphatic carbocycles. The lowest BCUT2D eigenvalue weighted by Crippen LogP contribution is -2.29. The standard InChI is InChI=1S/C23H21FN2O4S/c1-16(27)18-7-5-8-20(14-18)25-23(28)17-10-12-21(13-11-17)26(31(2,29)30)15-19-6-3-4-9-22(19)24/h3-14H,15H2,1-2H3,(H,25,28). The van der Waals surface area contributed by atoms with Gasteiger partial charge >= 0.3 is 0 Å². The summed E-state index contributed by atoms with van der Waals surface area (Å²) in [6, 6.07) is 18.5. The molecule has 0 unspecified atom stereocenters. The van der Waals surface area contributed by atoms with Gasteiger partial charge in [0, 0.05) is 22.4 Å². The van der Waals surface area contributed by atoms with Crippen LogP contribution >= 0.6 is 0 Å². The second-order valence-corrected chi connectivity index (χ2v) is 8.91. The van der Waals surface area contributed by atoms with E-state index in [9.17, 15) is 22.4 Å². The molecule has 0 aromatic heterocycles. The van der Waals surface area contributed by atoms with Crippen LogP contribution < -0.4 is 9.62 Å². The Morgan fingerprint density at radius 1 is 0.935 bits per heavy atom. The number of amides is 1. The number of halogens is 1. The molecule has 0 fully saturated rings. The van der Waals surface area contributed by atoms with Gasteiger partial charge in [0.05, 0.1) is 18.5 Å². The van der Waals surface area contributed by atoms with Gasteiger partial charge in [0.25, 0.3) is 5.91 Å². The number of sulfonamides is 1. The minimum Gasteiger partial charge on any atom is -0.322 e. The second kappa shape index (κ2) is 9.09. The molecule has 0 radical (unpaired) electrons. The Kier molecular flexibility index (Phi) is 6.50. The van der Waals surface area contributed by atoms with Gasteiger partial charge in [-0.05, 0) is 49.4 Å². The molecule has 3 aromatic carbocycles. The predicted molar refractivity (Wildman–Crippen MR) is 118 cm³/mol. The number of hydrogen-bond acceptors (Lipinski definition) is 4. The van der Waals surface area contributed by atoms with Crippen LogP contribution in [0.2, 0.25) is 0 Å². The lowest BCUT2D eigenvalue weighted by Gasteiger charge is -2.23. The summed E-state index contributed by atoms with van der Waals surface area (Å²) in [6.07, 6.45) is 1.04. The molecule has 0 aliphatic rings. The monoisotopic (exact) mass is 440 g/mol. The molecule has 0 saturated heterocycles. The third-order valence-electron chi connectivity index (χ3n) is 4.62. The molecule has 0 atom stereocenters. The highest BCUT2D eigenvalue weighted by Gasteiger charge is 2.20. The molecule has 8 heteroatoms. The van der Waals surface area contributed by atoms with Crippen molar-refractivity contribution in [3.63, 3.8) is 0 Å². The fourth-order valence-corrected chi connectivity index (χ4v) is 3.86. The average molecular weight is 440 g/mol. The fraction of sp³-hybridized carbons (Fsp3) is 0.130. The number of hydrogen-bond donors (Lipinski definition) is 1. The quantitative estimate of drug-likeness (QED) is 0.557. The van der Waals surface area contributed by atoms with Crippen LogP contribution in [0.5, 0.6) is 0 Å². The number of ketones is 1. The Labute approximate surface area is 180 Å². The molecular formula is C23H21FN2O4S. The minimum absolute atomic E-state index is 0.115. The van der Waals surface area contributed by atoms with Gasteiger partial charge in [0.1, 0.15) is 5.82 Å². The van der Waals surface area contributed by atoms with Gasteiger partial charge in [-0.1, -0.05) is 30.3 Å². The summed E-state index contributed by atoms with van der Waals surface area (Å²) in [6.45, 7) is 1.27. The molecule has 0 bridgehead atoms. The maximum atomic E-state index is 14.0. The molecule has 0 saturated carbocycles. The first kappa shape index (κ1) is 22.2.